The monoisotopic (exact) mass is 284 g/mol. The molecular formula is C11H16N4O5. The molecule has 9 nitrogen and oxygen atoms in total. The summed E-state index contributed by atoms with van der Waals surface area (Å²) < 4.78 is 1.41. The molecule has 0 spiro atoms. The molecule has 0 fully saturated rings. The summed E-state index contributed by atoms with van der Waals surface area (Å²) in [5.41, 5.74) is 0. The molecule has 1 atom stereocenters. The van der Waals surface area contributed by atoms with Gasteiger partial charge in [0.2, 0.25) is 12.2 Å². The minimum absolute atomic E-state index is 0.0288. The minimum atomic E-state index is -1.07. The first-order valence-corrected chi connectivity index (χ1v) is 6.12. The van der Waals surface area contributed by atoms with E-state index in [2.05, 4.69) is 10.3 Å². The van der Waals surface area contributed by atoms with Gasteiger partial charge < -0.3 is 25.1 Å². The fraction of sp³-hybridized carbons (Fsp3) is 0.545. The Balaban J connectivity index is 2.45. The highest BCUT2D eigenvalue weighted by atomic mass is 16.6. The summed E-state index contributed by atoms with van der Waals surface area (Å²) in [5, 5.41) is 21.7. The molecule has 1 aromatic heterocycles. The van der Waals surface area contributed by atoms with Crippen molar-refractivity contribution in [3.8, 4) is 0 Å². The van der Waals surface area contributed by atoms with E-state index in [0.29, 0.717) is 12.8 Å². The first-order valence-electron chi connectivity index (χ1n) is 6.12. The number of carboxylic acid groups (broad SMARTS) is 1. The number of hydrogen-bond donors (Lipinski definition) is 2. The van der Waals surface area contributed by atoms with Crippen molar-refractivity contribution in [1.29, 1.82) is 0 Å². The second kappa shape index (κ2) is 7.22. The van der Waals surface area contributed by atoms with Crippen molar-refractivity contribution in [3.05, 3.63) is 22.6 Å². The number of amides is 1. The van der Waals surface area contributed by atoms with Crippen LogP contribution in [0.2, 0.25) is 0 Å². The van der Waals surface area contributed by atoms with Crippen LogP contribution in [-0.2, 0) is 16.1 Å². The third-order valence-corrected chi connectivity index (χ3v) is 2.61. The van der Waals surface area contributed by atoms with Crippen molar-refractivity contribution in [2.45, 2.75) is 38.8 Å². The van der Waals surface area contributed by atoms with Crippen molar-refractivity contribution in [2.75, 3.05) is 0 Å². The van der Waals surface area contributed by atoms with Gasteiger partial charge in [-0.05, 0) is 16.3 Å². The second-order valence-corrected chi connectivity index (χ2v) is 4.22. The van der Waals surface area contributed by atoms with Gasteiger partial charge in [-0.15, -0.1) is 0 Å². The molecule has 0 aliphatic heterocycles. The van der Waals surface area contributed by atoms with Crippen molar-refractivity contribution >= 4 is 17.7 Å². The Labute approximate surface area is 114 Å². The van der Waals surface area contributed by atoms with Gasteiger partial charge in [-0.1, -0.05) is 13.3 Å². The van der Waals surface area contributed by atoms with Gasteiger partial charge >= 0.3 is 11.8 Å². The zero-order valence-electron chi connectivity index (χ0n) is 11.0. The van der Waals surface area contributed by atoms with Crippen molar-refractivity contribution < 1.29 is 19.6 Å². The molecule has 0 saturated carbocycles. The fourth-order valence-electron chi connectivity index (χ4n) is 1.61. The highest BCUT2D eigenvalue weighted by Gasteiger charge is 2.18. The van der Waals surface area contributed by atoms with Crippen molar-refractivity contribution in [1.82, 2.24) is 14.9 Å². The van der Waals surface area contributed by atoms with E-state index >= 15 is 0 Å². The summed E-state index contributed by atoms with van der Waals surface area (Å²) >= 11 is 0. The molecule has 9 heteroatoms. The molecule has 0 aliphatic carbocycles. The molecule has 20 heavy (non-hydrogen) atoms. The van der Waals surface area contributed by atoms with E-state index in [0.717, 1.165) is 0 Å². The lowest BCUT2D eigenvalue weighted by Gasteiger charge is -2.13. The van der Waals surface area contributed by atoms with Crippen LogP contribution in [0.3, 0.4) is 0 Å². The Hall–Kier alpha value is -2.45. The lowest BCUT2D eigenvalue weighted by molar-refractivity contribution is -0.389. The molecule has 0 bridgehead atoms. The van der Waals surface area contributed by atoms with Crippen LogP contribution >= 0.6 is 0 Å². The number of aliphatic carboxylic acids is 1. The largest absolute Gasteiger partial charge is 0.480 e. The van der Waals surface area contributed by atoms with Gasteiger partial charge in [0, 0.05) is 13.0 Å². The summed E-state index contributed by atoms with van der Waals surface area (Å²) in [6.07, 6.45) is 3.50. The maximum absolute atomic E-state index is 11.6. The van der Waals surface area contributed by atoms with E-state index in [4.69, 9.17) is 5.11 Å². The van der Waals surface area contributed by atoms with Crippen LogP contribution in [0.15, 0.2) is 12.5 Å². The summed E-state index contributed by atoms with van der Waals surface area (Å²) in [7, 11) is 0. The number of nitrogens with one attached hydrogen (secondary N) is 1. The standard InChI is InChI=1S/C11H16N4O5/c1-2-3-8(11(17)18)13-10(16)4-5-14-6-9(12-7-14)15(19)20/h6-8H,2-5H2,1H3,(H,13,16)(H,17,18). The Bertz CT molecular complexity index is 499. The highest BCUT2D eigenvalue weighted by Crippen LogP contribution is 2.06. The first-order chi connectivity index (χ1) is 9.43. The molecule has 1 amide bonds. The molecule has 110 valence electrons. The predicted molar refractivity (Wildman–Crippen MR) is 68.0 cm³/mol. The van der Waals surface area contributed by atoms with Crippen LogP contribution in [-0.4, -0.2) is 37.5 Å². The smallest absolute Gasteiger partial charge is 0.381 e. The number of nitrogens with zero attached hydrogens (tertiary/aromatic N) is 3. The molecule has 1 aromatic rings. The van der Waals surface area contributed by atoms with Gasteiger partial charge in [-0.2, -0.15) is 0 Å². The number of carbonyl (C=O) groups is 2. The topological polar surface area (TPSA) is 127 Å². The molecule has 1 rings (SSSR count). The molecular weight excluding hydrogens is 268 g/mol. The van der Waals surface area contributed by atoms with Gasteiger partial charge in [0.25, 0.3) is 0 Å². The van der Waals surface area contributed by atoms with Crippen LogP contribution in [0.25, 0.3) is 0 Å². The maximum atomic E-state index is 11.6. The average molecular weight is 284 g/mol. The molecule has 0 aliphatic rings. The number of rotatable bonds is 8. The highest BCUT2D eigenvalue weighted by molar-refractivity contribution is 5.83. The molecule has 0 radical (unpaired) electrons. The van der Waals surface area contributed by atoms with Crippen LogP contribution in [0.4, 0.5) is 5.82 Å². The molecule has 0 saturated heterocycles. The van der Waals surface area contributed by atoms with Crippen molar-refractivity contribution in [3.63, 3.8) is 0 Å². The number of carboxylic acids is 1. The third-order valence-electron chi connectivity index (χ3n) is 2.61. The van der Waals surface area contributed by atoms with E-state index in [1.165, 1.54) is 17.1 Å². The normalized spacial score (nSPS) is 11.8. The van der Waals surface area contributed by atoms with Gasteiger partial charge in [0.15, 0.2) is 0 Å². The number of nitro groups is 1. The Morgan fingerprint density at radius 3 is 2.80 bits per heavy atom. The Kier molecular flexibility index (Phi) is 5.63. The molecule has 2 N–H and O–H groups in total. The van der Waals surface area contributed by atoms with Gasteiger partial charge in [0.1, 0.15) is 12.2 Å². The molecule has 1 heterocycles. The second-order valence-electron chi connectivity index (χ2n) is 4.22. The zero-order valence-corrected chi connectivity index (χ0v) is 11.0. The van der Waals surface area contributed by atoms with Gasteiger partial charge in [-0.25, -0.2) is 4.79 Å². The third kappa shape index (κ3) is 4.67. The van der Waals surface area contributed by atoms with Gasteiger partial charge in [0.05, 0.1) is 0 Å². The Morgan fingerprint density at radius 2 is 2.30 bits per heavy atom. The summed E-state index contributed by atoms with van der Waals surface area (Å²) in [6.45, 7) is 2.03. The number of imidazole rings is 1. The van der Waals surface area contributed by atoms with Crippen molar-refractivity contribution in [2.24, 2.45) is 0 Å². The summed E-state index contributed by atoms with van der Waals surface area (Å²) in [6, 6.07) is -0.898. The number of aryl methyl sites for hydroxylation is 1. The minimum Gasteiger partial charge on any atom is -0.480 e. The van der Waals surface area contributed by atoms with Crippen LogP contribution in [0, 0.1) is 10.1 Å². The number of aromatic nitrogens is 2. The summed E-state index contributed by atoms with van der Waals surface area (Å²) in [4.78, 5) is 35.8. The first kappa shape index (κ1) is 15.6. The lowest BCUT2D eigenvalue weighted by Crippen LogP contribution is -2.40. The predicted octanol–water partition coefficient (Wildman–Crippen LogP) is 0.551. The average Bonchev–Trinajstić information content (AvgIpc) is 2.84. The Morgan fingerprint density at radius 1 is 1.60 bits per heavy atom. The van der Waals surface area contributed by atoms with Crippen LogP contribution < -0.4 is 5.32 Å². The summed E-state index contributed by atoms with van der Waals surface area (Å²) in [5.74, 6) is -1.78. The van der Waals surface area contributed by atoms with E-state index in [-0.39, 0.29) is 18.8 Å². The van der Waals surface area contributed by atoms with Crippen LogP contribution in [0.5, 0.6) is 0 Å². The van der Waals surface area contributed by atoms with E-state index in [1.807, 2.05) is 6.92 Å². The van der Waals surface area contributed by atoms with E-state index < -0.39 is 22.8 Å². The SMILES string of the molecule is CCCC(NC(=O)CCn1cnc([N+](=O)[O-])c1)C(=O)O. The molecule has 1 unspecified atom stereocenters. The molecule has 0 aromatic carbocycles. The maximum Gasteiger partial charge on any atom is 0.381 e. The lowest BCUT2D eigenvalue weighted by atomic mass is 10.1. The van der Waals surface area contributed by atoms with E-state index in [1.54, 1.807) is 0 Å². The zero-order chi connectivity index (χ0) is 15.1. The van der Waals surface area contributed by atoms with Crippen LogP contribution in [0.1, 0.15) is 26.2 Å². The van der Waals surface area contributed by atoms with Gasteiger partial charge in [-0.3, -0.25) is 4.79 Å². The number of hydrogen-bond acceptors (Lipinski definition) is 5. The fourth-order valence-corrected chi connectivity index (χ4v) is 1.61. The van der Waals surface area contributed by atoms with E-state index in [9.17, 15) is 19.7 Å². The quantitative estimate of drug-likeness (QED) is 0.530. The number of carbonyl (C=O) groups excluding carboxylic acids is 1.